The van der Waals surface area contributed by atoms with Crippen LogP contribution < -0.4 is 0 Å². The van der Waals surface area contributed by atoms with Crippen molar-refractivity contribution in [2.24, 2.45) is 11.3 Å². The smallest absolute Gasteiger partial charge is 0.311 e. The number of likely N-dealkylation sites (tertiary alicyclic amines) is 1. The van der Waals surface area contributed by atoms with Gasteiger partial charge in [0.15, 0.2) is 0 Å². The van der Waals surface area contributed by atoms with E-state index in [1.807, 2.05) is 48.9 Å². The number of carbonyl (C=O) groups is 2. The van der Waals surface area contributed by atoms with Crippen LogP contribution in [0, 0.1) is 11.3 Å². The van der Waals surface area contributed by atoms with Gasteiger partial charge in [-0.05, 0) is 30.7 Å². The van der Waals surface area contributed by atoms with Crippen LogP contribution in [0.2, 0.25) is 0 Å². The summed E-state index contributed by atoms with van der Waals surface area (Å²) in [5, 5.41) is 9.69. The monoisotopic (exact) mass is 375 g/mol. The third-order valence-electron chi connectivity index (χ3n) is 5.49. The second-order valence-electron chi connectivity index (χ2n) is 7.22. The Hall–Kier alpha value is -2.02. The Morgan fingerprint density at radius 2 is 2.08 bits per heavy atom. The minimum Gasteiger partial charge on any atom is -0.481 e. The van der Waals surface area contributed by atoms with Gasteiger partial charge in [0.25, 0.3) is 0 Å². The fourth-order valence-corrected chi connectivity index (χ4v) is 4.19. The van der Waals surface area contributed by atoms with Crippen molar-refractivity contribution in [2.75, 3.05) is 19.3 Å². The lowest BCUT2D eigenvalue weighted by Crippen LogP contribution is -2.41. The molecule has 2 heterocycles. The van der Waals surface area contributed by atoms with Crippen molar-refractivity contribution in [2.45, 2.75) is 32.6 Å². The summed E-state index contributed by atoms with van der Waals surface area (Å²) in [6.07, 6.45) is 2.52. The van der Waals surface area contributed by atoms with E-state index in [1.165, 1.54) is 0 Å². The van der Waals surface area contributed by atoms with Crippen LogP contribution in [0.4, 0.5) is 0 Å². The van der Waals surface area contributed by atoms with Gasteiger partial charge in [-0.25, -0.2) is 4.98 Å². The highest BCUT2D eigenvalue weighted by atomic mass is 32.2. The molecule has 0 spiro atoms. The number of imidazole rings is 1. The van der Waals surface area contributed by atoms with Gasteiger partial charge in [0.1, 0.15) is 12.4 Å². The molecule has 26 heavy (non-hydrogen) atoms. The number of para-hydroxylation sites is 2. The summed E-state index contributed by atoms with van der Waals surface area (Å²) in [6.45, 7) is 4.81. The van der Waals surface area contributed by atoms with Crippen LogP contribution in [-0.4, -0.2) is 50.8 Å². The van der Waals surface area contributed by atoms with Gasteiger partial charge in [0.2, 0.25) is 5.91 Å². The number of carbonyl (C=O) groups excluding carboxylic acids is 1. The molecule has 2 aromatic rings. The predicted octanol–water partition coefficient (Wildman–Crippen LogP) is 2.86. The molecule has 1 atom stereocenters. The second-order valence-corrected chi connectivity index (χ2v) is 8.08. The summed E-state index contributed by atoms with van der Waals surface area (Å²) in [7, 11) is 0. The lowest BCUT2D eigenvalue weighted by Gasteiger charge is -2.28. The van der Waals surface area contributed by atoms with Gasteiger partial charge < -0.3 is 14.6 Å². The minimum absolute atomic E-state index is 0.0149. The Kier molecular flexibility index (Phi) is 5.27. The molecule has 0 aliphatic carbocycles. The zero-order valence-corrected chi connectivity index (χ0v) is 16.3. The molecule has 1 saturated heterocycles. The van der Waals surface area contributed by atoms with Crippen LogP contribution in [0.1, 0.15) is 26.1 Å². The molecule has 0 saturated carbocycles. The Labute approximate surface area is 157 Å². The summed E-state index contributed by atoms with van der Waals surface area (Å²) >= 11 is 1.67. The van der Waals surface area contributed by atoms with Crippen molar-refractivity contribution in [1.82, 2.24) is 14.5 Å². The van der Waals surface area contributed by atoms with Gasteiger partial charge in [0, 0.05) is 13.1 Å². The number of carboxylic acid groups (broad SMARTS) is 1. The first kappa shape index (κ1) is 18.8. The number of rotatable bonds is 6. The van der Waals surface area contributed by atoms with E-state index in [-0.39, 0.29) is 24.9 Å². The molecule has 1 unspecified atom stereocenters. The first-order chi connectivity index (χ1) is 12.4. The maximum absolute atomic E-state index is 12.9. The number of thioether (sulfide) groups is 1. The molecule has 1 fully saturated rings. The quantitative estimate of drug-likeness (QED) is 0.840. The summed E-state index contributed by atoms with van der Waals surface area (Å²) in [5.41, 5.74) is 0.986. The van der Waals surface area contributed by atoms with Gasteiger partial charge in [-0.15, -0.1) is 0 Å². The van der Waals surface area contributed by atoms with E-state index in [9.17, 15) is 14.7 Å². The molecule has 1 aliphatic rings. The molecule has 1 aliphatic heterocycles. The van der Waals surface area contributed by atoms with Gasteiger partial charge in [0.05, 0.1) is 22.2 Å². The van der Waals surface area contributed by atoms with E-state index >= 15 is 0 Å². The van der Waals surface area contributed by atoms with Crippen LogP contribution in [-0.2, 0) is 21.9 Å². The zero-order valence-electron chi connectivity index (χ0n) is 15.4. The zero-order chi connectivity index (χ0) is 18.9. The van der Waals surface area contributed by atoms with Crippen molar-refractivity contribution in [3.63, 3.8) is 0 Å². The predicted molar refractivity (Wildman–Crippen MR) is 103 cm³/mol. The number of nitrogens with zero attached hydrogens (tertiary/aromatic N) is 3. The van der Waals surface area contributed by atoms with Gasteiger partial charge >= 0.3 is 5.97 Å². The van der Waals surface area contributed by atoms with Crippen LogP contribution in [0.25, 0.3) is 11.0 Å². The highest BCUT2D eigenvalue weighted by Crippen LogP contribution is 2.38. The first-order valence-corrected chi connectivity index (χ1v) is 10.2. The number of carboxylic acids is 1. The van der Waals surface area contributed by atoms with E-state index in [2.05, 4.69) is 4.98 Å². The van der Waals surface area contributed by atoms with Crippen LogP contribution >= 0.6 is 11.8 Å². The Bertz CT molecular complexity index is 833. The van der Waals surface area contributed by atoms with E-state index in [4.69, 9.17) is 0 Å². The number of fused-ring (bicyclic) bond motifs is 1. The number of aliphatic carboxylic acids is 1. The third kappa shape index (κ3) is 3.20. The molecule has 140 valence electrons. The molecular formula is C19H25N3O3S. The standard InChI is InChI=1S/C19H25N3O3S/c1-13(2)19(18(24)25)8-9-21(12-19)17(23)10-22-15-7-5-4-6-14(15)20-16(22)11-26-3/h4-7,13H,8-12H2,1-3H3,(H,24,25). The minimum atomic E-state index is -0.839. The van der Waals surface area contributed by atoms with Crippen molar-refractivity contribution in [1.29, 1.82) is 0 Å². The maximum Gasteiger partial charge on any atom is 0.311 e. The number of hydrogen-bond acceptors (Lipinski definition) is 4. The summed E-state index contributed by atoms with van der Waals surface area (Å²) < 4.78 is 1.96. The normalized spacial score (nSPS) is 20.2. The molecule has 1 aromatic carbocycles. The summed E-state index contributed by atoms with van der Waals surface area (Å²) in [4.78, 5) is 31.1. The van der Waals surface area contributed by atoms with E-state index in [1.54, 1.807) is 16.7 Å². The molecule has 1 aromatic heterocycles. The fraction of sp³-hybridized carbons (Fsp3) is 0.526. The highest BCUT2D eigenvalue weighted by molar-refractivity contribution is 7.97. The molecular weight excluding hydrogens is 350 g/mol. The van der Waals surface area contributed by atoms with Crippen molar-refractivity contribution in [3.05, 3.63) is 30.1 Å². The average Bonchev–Trinajstić information content (AvgIpc) is 3.19. The van der Waals surface area contributed by atoms with E-state index in [0.29, 0.717) is 13.0 Å². The number of aromatic nitrogens is 2. The SMILES string of the molecule is CSCc1nc2ccccc2n1CC(=O)N1CCC(C(=O)O)(C(C)C)C1. The Morgan fingerprint density at radius 3 is 2.69 bits per heavy atom. The van der Waals surface area contributed by atoms with Crippen molar-refractivity contribution in [3.8, 4) is 0 Å². The van der Waals surface area contributed by atoms with Gasteiger partial charge in [-0.2, -0.15) is 11.8 Å². The van der Waals surface area contributed by atoms with Crippen LogP contribution in [0.15, 0.2) is 24.3 Å². The molecule has 1 N–H and O–H groups in total. The van der Waals surface area contributed by atoms with Gasteiger partial charge in [-0.3, -0.25) is 9.59 Å². The van der Waals surface area contributed by atoms with E-state index < -0.39 is 11.4 Å². The Morgan fingerprint density at radius 1 is 1.35 bits per heavy atom. The molecule has 0 bridgehead atoms. The van der Waals surface area contributed by atoms with Crippen LogP contribution in [0.3, 0.4) is 0 Å². The second kappa shape index (κ2) is 7.31. The Balaban J connectivity index is 1.84. The third-order valence-corrected chi connectivity index (χ3v) is 6.03. The molecule has 6 nitrogen and oxygen atoms in total. The molecule has 0 radical (unpaired) electrons. The van der Waals surface area contributed by atoms with Crippen molar-refractivity contribution < 1.29 is 14.7 Å². The number of benzene rings is 1. The lowest BCUT2D eigenvalue weighted by molar-refractivity contribution is -0.151. The topological polar surface area (TPSA) is 75.4 Å². The number of amides is 1. The largest absolute Gasteiger partial charge is 0.481 e. The summed E-state index contributed by atoms with van der Waals surface area (Å²) in [6, 6.07) is 7.80. The number of hydrogen-bond donors (Lipinski definition) is 1. The highest BCUT2D eigenvalue weighted by Gasteiger charge is 2.48. The van der Waals surface area contributed by atoms with Crippen molar-refractivity contribution >= 4 is 34.7 Å². The van der Waals surface area contributed by atoms with Gasteiger partial charge in [-0.1, -0.05) is 26.0 Å². The first-order valence-electron chi connectivity index (χ1n) is 8.83. The molecule has 7 heteroatoms. The lowest BCUT2D eigenvalue weighted by atomic mass is 9.76. The average molecular weight is 375 g/mol. The molecule has 3 rings (SSSR count). The fourth-order valence-electron chi connectivity index (χ4n) is 3.72. The summed E-state index contributed by atoms with van der Waals surface area (Å²) in [5.74, 6) is 0.740. The van der Waals surface area contributed by atoms with E-state index in [0.717, 1.165) is 22.6 Å². The maximum atomic E-state index is 12.9. The molecule has 1 amide bonds. The van der Waals surface area contributed by atoms with Crippen LogP contribution in [0.5, 0.6) is 0 Å².